The van der Waals surface area contributed by atoms with Gasteiger partial charge in [-0.1, -0.05) is 30.3 Å². The van der Waals surface area contributed by atoms with Gasteiger partial charge in [0, 0.05) is 6.42 Å². The fourth-order valence-corrected chi connectivity index (χ4v) is 3.87. The Kier molecular flexibility index (Phi) is 7.51. The van der Waals surface area contributed by atoms with E-state index in [4.69, 9.17) is 13.7 Å². The molecule has 168 valence electrons. The summed E-state index contributed by atoms with van der Waals surface area (Å²) in [5.74, 6) is -0.431. The summed E-state index contributed by atoms with van der Waals surface area (Å²) in [7, 11) is 0. The smallest absolute Gasteiger partial charge is 0.411 e. The van der Waals surface area contributed by atoms with Crippen LogP contribution in [0.1, 0.15) is 60.5 Å². The molecule has 0 saturated carbocycles. The van der Waals surface area contributed by atoms with Crippen LogP contribution in [0.15, 0.2) is 30.3 Å². The zero-order valence-electron chi connectivity index (χ0n) is 19.5. The highest BCUT2D eigenvalue weighted by Crippen LogP contribution is 2.40. The summed E-state index contributed by atoms with van der Waals surface area (Å²) >= 11 is -0.282. The first-order valence-corrected chi connectivity index (χ1v) is 11.8. The molecule has 3 atom stereocenters. The Balaban J connectivity index is 2.10. The molecule has 1 unspecified atom stereocenters. The number of carbonyl (C=O) groups excluding carboxylic acids is 2. The average Bonchev–Trinajstić information content (AvgIpc) is 2.60. The predicted molar refractivity (Wildman–Crippen MR) is 120 cm³/mol. The molecule has 1 aliphatic rings. The number of rotatable bonds is 6. The number of hydrogen-bond donors (Lipinski definition) is 0. The lowest BCUT2D eigenvalue weighted by Crippen LogP contribution is -2.72. The Morgan fingerprint density at radius 3 is 2.27 bits per heavy atom. The van der Waals surface area contributed by atoms with Crippen molar-refractivity contribution in [1.29, 1.82) is 0 Å². The van der Waals surface area contributed by atoms with E-state index in [1.165, 1.54) is 4.90 Å². The van der Waals surface area contributed by atoms with Gasteiger partial charge >= 0.3 is 12.1 Å². The van der Waals surface area contributed by atoms with Crippen LogP contribution in [0.5, 0.6) is 0 Å². The minimum absolute atomic E-state index is 0.0123. The van der Waals surface area contributed by atoms with Gasteiger partial charge in [-0.05, 0) is 54.0 Å². The minimum Gasteiger partial charge on any atom is -0.459 e. The molecule has 1 fully saturated rings. The van der Waals surface area contributed by atoms with Gasteiger partial charge in [0.25, 0.3) is 0 Å². The van der Waals surface area contributed by atoms with Gasteiger partial charge in [-0.3, -0.25) is 4.90 Å². The molecule has 1 aromatic carbocycles. The van der Waals surface area contributed by atoms with Crippen molar-refractivity contribution in [3.8, 4) is 0 Å². The van der Waals surface area contributed by atoms with Crippen molar-refractivity contribution < 1.29 is 23.2 Å². The van der Waals surface area contributed by atoms with Gasteiger partial charge in [-0.25, -0.2) is 9.59 Å². The van der Waals surface area contributed by atoms with Crippen LogP contribution in [-0.4, -0.2) is 51.8 Å². The van der Waals surface area contributed by atoms with E-state index in [9.17, 15) is 9.59 Å². The monoisotopic (exact) mass is 438 g/mol. The molecule has 0 bridgehead atoms. The standard InChI is InChI=1S/C23H36NO5S/c1-21(2,3)29-20(26)24-18(16-28-30(8)22(4,5)6)14-23(24,7)19(25)27-15-17-12-10-9-11-13-17/h9-13,18H,14-16H2,1-8H3/q+1/t18-,23+,30?/m0/s1. The van der Waals surface area contributed by atoms with Crippen LogP contribution in [-0.2, 0) is 36.2 Å². The molecule has 0 N–H and O–H groups in total. The zero-order valence-corrected chi connectivity index (χ0v) is 20.3. The predicted octanol–water partition coefficient (Wildman–Crippen LogP) is 4.48. The second-order valence-corrected chi connectivity index (χ2v) is 12.3. The number of esters is 1. The maximum atomic E-state index is 12.9. The lowest BCUT2D eigenvalue weighted by atomic mass is 9.80. The van der Waals surface area contributed by atoms with Gasteiger partial charge in [0.1, 0.15) is 41.8 Å². The number of ether oxygens (including phenoxy) is 2. The molecule has 1 saturated heterocycles. The first-order chi connectivity index (χ1) is 13.7. The van der Waals surface area contributed by atoms with Crippen LogP contribution in [0, 0.1) is 0 Å². The van der Waals surface area contributed by atoms with Gasteiger partial charge in [0.05, 0.1) is 6.04 Å². The van der Waals surface area contributed by atoms with Crippen LogP contribution in [0.4, 0.5) is 4.79 Å². The highest BCUT2D eigenvalue weighted by atomic mass is 32.2. The average molecular weight is 439 g/mol. The van der Waals surface area contributed by atoms with Crippen LogP contribution in [0.3, 0.4) is 0 Å². The maximum Gasteiger partial charge on any atom is 0.411 e. The van der Waals surface area contributed by atoms with Gasteiger partial charge in [-0.2, -0.15) is 4.18 Å². The van der Waals surface area contributed by atoms with Crippen molar-refractivity contribution in [2.75, 3.05) is 12.9 Å². The topological polar surface area (TPSA) is 65.1 Å². The Morgan fingerprint density at radius 2 is 1.73 bits per heavy atom. The van der Waals surface area contributed by atoms with E-state index in [0.717, 1.165) is 5.56 Å². The van der Waals surface area contributed by atoms with E-state index in [1.54, 1.807) is 6.92 Å². The zero-order chi connectivity index (χ0) is 22.7. The fourth-order valence-electron chi connectivity index (χ4n) is 3.15. The summed E-state index contributed by atoms with van der Waals surface area (Å²) < 4.78 is 17.2. The lowest BCUT2D eigenvalue weighted by molar-refractivity contribution is -0.174. The van der Waals surface area contributed by atoms with E-state index in [0.29, 0.717) is 13.0 Å². The fraction of sp³-hybridized carbons (Fsp3) is 0.652. The van der Waals surface area contributed by atoms with Gasteiger partial charge in [0.15, 0.2) is 4.75 Å². The van der Waals surface area contributed by atoms with E-state index in [-0.39, 0.29) is 28.6 Å². The summed E-state index contributed by atoms with van der Waals surface area (Å²) in [4.78, 5) is 27.4. The van der Waals surface area contributed by atoms with Crippen LogP contribution in [0.2, 0.25) is 0 Å². The molecule has 1 heterocycles. The van der Waals surface area contributed by atoms with Crippen molar-refractivity contribution in [2.24, 2.45) is 0 Å². The minimum atomic E-state index is -1.07. The van der Waals surface area contributed by atoms with Crippen molar-refractivity contribution in [2.45, 2.75) is 83.4 Å². The molecule has 2 rings (SSSR count). The lowest BCUT2D eigenvalue weighted by Gasteiger charge is -2.53. The maximum absolute atomic E-state index is 12.9. The van der Waals surface area contributed by atoms with E-state index >= 15 is 0 Å². The normalized spacial score (nSPS) is 22.8. The molecule has 1 aromatic rings. The van der Waals surface area contributed by atoms with Crippen molar-refractivity contribution in [1.82, 2.24) is 4.90 Å². The number of nitrogens with zero attached hydrogens (tertiary/aromatic N) is 1. The van der Waals surface area contributed by atoms with Crippen LogP contribution in [0.25, 0.3) is 0 Å². The molecule has 0 aromatic heterocycles. The summed E-state index contributed by atoms with van der Waals surface area (Å²) in [5, 5.41) is 0. The quantitative estimate of drug-likeness (QED) is 0.484. The summed E-state index contributed by atoms with van der Waals surface area (Å²) in [6, 6.07) is 9.26. The van der Waals surface area contributed by atoms with E-state index < -0.39 is 23.2 Å². The first kappa shape index (κ1) is 24.5. The second kappa shape index (κ2) is 9.18. The van der Waals surface area contributed by atoms with E-state index in [1.807, 2.05) is 57.4 Å². The molecular weight excluding hydrogens is 402 g/mol. The van der Waals surface area contributed by atoms with Gasteiger partial charge < -0.3 is 9.47 Å². The third-order valence-corrected chi connectivity index (χ3v) is 7.29. The Morgan fingerprint density at radius 1 is 1.13 bits per heavy atom. The van der Waals surface area contributed by atoms with Crippen molar-refractivity contribution >= 4 is 23.2 Å². The second-order valence-electron chi connectivity index (χ2n) is 9.89. The first-order valence-electron chi connectivity index (χ1n) is 10.3. The number of carbonyl (C=O) groups is 2. The number of benzene rings is 1. The van der Waals surface area contributed by atoms with Crippen LogP contribution >= 0.6 is 0 Å². The molecule has 0 aliphatic carbocycles. The van der Waals surface area contributed by atoms with Crippen LogP contribution < -0.4 is 0 Å². The molecule has 6 nitrogen and oxygen atoms in total. The molecular formula is C23H36NO5S+. The van der Waals surface area contributed by atoms with Crippen molar-refractivity contribution in [3.63, 3.8) is 0 Å². The largest absolute Gasteiger partial charge is 0.459 e. The van der Waals surface area contributed by atoms with Gasteiger partial charge in [-0.15, -0.1) is 0 Å². The third-order valence-electron chi connectivity index (χ3n) is 5.07. The molecule has 1 aliphatic heterocycles. The molecule has 30 heavy (non-hydrogen) atoms. The number of hydrogen-bond acceptors (Lipinski definition) is 5. The SMILES string of the molecule is C[S+](OC[C@@H]1C[C@](C)(C(=O)OCc2ccccc2)N1C(=O)OC(C)(C)C)C(C)(C)C. The summed E-state index contributed by atoms with van der Waals surface area (Å²) in [5.41, 5.74) is -0.829. The Bertz CT molecular complexity index is 740. The molecule has 0 spiro atoms. The van der Waals surface area contributed by atoms with Crippen molar-refractivity contribution in [3.05, 3.63) is 35.9 Å². The number of likely N-dealkylation sites (tertiary alicyclic amines) is 1. The molecule has 7 heteroatoms. The summed E-state index contributed by atoms with van der Waals surface area (Å²) in [6.07, 6.45) is 2.00. The molecule has 0 radical (unpaired) electrons. The Labute approximate surface area is 183 Å². The van der Waals surface area contributed by atoms with E-state index in [2.05, 4.69) is 20.8 Å². The Hall–Kier alpha value is -1.73. The third kappa shape index (κ3) is 6.14. The highest BCUT2D eigenvalue weighted by molar-refractivity contribution is 7.93. The van der Waals surface area contributed by atoms with Gasteiger partial charge in [0.2, 0.25) is 0 Å². The molecule has 1 amide bonds. The number of amides is 1. The highest BCUT2D eigenvalue weighted by Gasteiger charge is 2.59. The summed E-state index contributed by atoms with van der Waals surface area (Å²) in [6.45, 7) is 14.0.